The summed E-state index contributed by atoms with van der Waals surface area (Å²) in [5, 5.41) is 2.64. The van der Waals surface area contributed by atoms with Crippen LogP contribution in [0.25, 0.3) is 0 Å². The molecule has 0 bridgehead atoms. The highest BCUT2D eigenvalue weighted by molar-refractivity contribution is 7.74. The molecule has 0 fully saturated rings. The van der Waals surface area contributed by atoms with Crippen LogP contribution >= 0.6 is 0 Å². The van der Waals surface area contributed by atoms with Gasteiger partial charge in [0.1, 0.15) is 10.7 Å². The molecule has 0 saturated heterocycles. The van der Waals surface area contributed by atoms with Gasteiger partial charge >= 0.3 is 0 Å². The molecular weight excluding hydrogens is 233 g/mol. The number of rotatable bonds is 3. The highest BCUT2D eigenvalue weighted by atomic mass is 32.2. The fourth-order valence-corrected chi connectivity index (χ4v) is 1.45. The maximum absolute atomic E-state index is 12.9. The number of Topliss-reactive ketones (excluding diaryl/α,β-unsaturated/α-hetero) is 1. The van der Waals surface area contributed by atoms with E-state index in [0.717, 1.165) is 12.1 Å². The molecule has 4 nitrogen and oxygen atoms in total. The second-order valence-corrected chi connectivity index (χ2v) is 4.14. The molecule has 0 saturated carbocycles. The largest absolute Gasteiger partial charge is 0.387 e. The summed E-state index contributed by atoms with van der Waals surface area (Å²) in [7, 11) is -1.04. The first-order valence-electron chi connectivity index (χ1n) is 4.42. The quantitative estimate of drug-likeness (QED) is 0.638. The number of hydrogen-bond donors (Lipinski definition) is 1. The van der Waals surface area contributed by atoms with Crippen molar-refractivity contribution in [2.75, 3.05) is 12.4 Å². The zero-order valence-electron chi connectivity index (χ0n) is 8.74. The topological polar surface area (TPSA) is 63.2 Å². The normalized spacial score (nSPS) is 9.69. The van der Waals surface area contributed by atoms with Gasteiger partial charge in [-0.3, -0.25) is 4.79 Å². The third kappa shape index (κ3) is 2.46. The lowest BCUT2D eigenvalue weighted by atomic mass is 10.1. The number of hydrogen-bond acceptors (Lipinski definition) is 4. The molecule has 1 rings (SSSR count). The third-order valence-electron chi connectivity index (χ3n) is 2.07. The lowest BCUT2D eigenvalue weighted by Gasteiger charge is -2.06. The molecule has 0 radical (unpaired) electrons. The van der Waals surface area contributed by atoms with Crippen LogP contribution in [0.1, 0.15) is 17.3 Å². The molecule has 0 unspecified atom stereocenters. The summed E-state index contributed by atoms with van der Waals surface area (Å²) >= 11 is 0. The van der Waals surface area contributed by atoms with E-state index in [4.69, 9.17) is 0 Å². The molecule has 86 valence electrons. The van der Waals surface area contributed by atoms with Crippen LogP contribution in [0.3, 0.4) is 0 Å². The third-order valence-corrected chi connectivity index (χ3v) is 2.75. The van der Waals surface area contributed by atoms with Crippen molar-refractivity contribution in [1.29, 1.82) is 0 Å². The molecule has 0 heterocycles. The number of ketones is 1. The van der Waals surface area contributed by atoms with E-state index < -0.39 is 21.9 Å². The van der Waals surface area contributed by atoms with Crippen LogP contribution in [-0.4, -0.2) is 26.1 Å². The van der Waals surface area contributed by atoms with Crippen molar-refractivity contribution < 1.29 is 17.6 Å². The van der Waals surface area contributed by atoms with Gasteiger partial charge in [0, 0.05) is 18.3 Å². The van der Waals surface area contributed by atoms with Crippen LogP contribution in [0.5, 0.6) is 0 Å². The van der Waals surface area contributed by atoms with Gasteiger partial charge in [-0.1, -0.05) is 0 Å². The Bertz CT molecular complexity index is 555. The monoisotopic (exact) mass is 243 g/mol. The Morgan fingerprint density at radius 1 is 1.38 bits per heavy atom. The van der Waals surface area contributed by atoms with E-state index in [1.54, 1.807) is 0 Å². The maximum Gasteiger partial charge on any atom is 0.221 e. The predicted octanol–water partition coefficient (Wildman–Crippen LogP) is 1.12. The molecule has 0 aliphatic carbocycles. The summed E-state index contributed by atoms with van der Waals surface area (Å²) in [5.74, 6) is -1.14. The van der Waals surface area contributed by atoms with Crippen molar-refractivity contribution in [2.45, 2.75) is 6.92 Å². The lowest BCUT2D eigenvalue weighted by molar-refractivity contribution is 0.106. The molecule has 1 aromatic carbocycles. The molecule has 0 aromatic heterocycles. The standard InChI is InChI=1S/C10H10FNO3S/c1-6(16(14)15)10(13)8-4-3-7(11)5-9(8)12-2/h3-5,12H,1-2H3. The first kappa shape index (κ1) is 12.4. The Kier molecular flexibility index (Phi) is 3.78. The summed E-state index contributed by atoms with van der Waals surface area (Å²) in [4.78, 5) is 11.4. The van der Waals surface area contributed by atoms with Crippen molar-refractivity contribution >= 4 is 26.6 Å². The Balaban J connectivity index is 3.35. The summed E-state index contributed by atoms with van der Waals surface area (Å²) < 4.78 is 34.1. The van der Waals surface area contributed by atoms with Gasteiger partial charge in [-0.25, -0.2) is 4.39 Å². The number of carbonyl (C=O) groups is 1. The van der Waals surface area contributed by atoms with Crippen molar-refractivity contribution in [1.82, 2.24) is 0 Å². The van der Waals surface area contributed by atoms with Crippen molar-refractivity contribution in [2.24, 2.45) is 0 Å². The number of anilines is 1. The van der Waals surface area contributed by atoms with Gasteiger partial charge < -0.3 is 5.32 Å². The van der Waals surface area contributed by atoms with Gasteiger partial charge in [0.25, 0.3) is 0 Å². The maximum atomic E-state index is 12.9. The van der Waals surface area contributed by atoms with E-state index in [0.29, 0.717) is 0 Å². The average molecular weight is 243 g/mol. The first-order chi connectivity index (χ1) is 7.47. The van der Waals surface area contributed by atoms with Gasteiger partial charge in [-0.15, -0.1) is 0 Å². The van der Waals surface area contributed by atoms with E-state index in [2.05, 4.69) is 5.32 Å². The van der Waals surface area contributed by atoms with Gasteiger partial charge in [-0.2, -0.15) is 8.42 Å². The molecule has 1 aromatic rings. The van der Waals surface area contributed by atoms with Crippen molar-refractivity contribution in [3.05, 3.63) is 29.6 Å². The Hall–Kier alpha value is -1.69. The van der Waals surface area contributed by atoms with Gasteiger partial charge in [0.15, 0.2) is 0 Å². The molecular formula is C10H10FNO3S. The van der Waals surface area contributed by atoms with E-state index in [1.165, 1.54) is 20.0 Å². The smallest absolute Gasteiger partial charge is 0.221 e. The van der Waals surface area contributed by atoms with Crippen molar-refractivity contribution in [3.8, 4) is 0 Å². The zero-order valence-corrected chi connectivity index (χ0v) is 9.56. The Labute approximate surface area is 93.6 Å². The highest BCUT2D eigenvalue weighted by Crippen LogP contribution is 2.17. The van der Waals surface area contributed by atoms with E-state index in [1.807, 2.05) is 0 Å². The molecule has 0 aliphatic rings. The summed E-state index contributed by atoms with van der Waals surface area (Å²) in [6.07, 6.45) is 0. The van der Waals surface area contributed by atoms with Gasteiger partial charge in [-0.05, 0) is 25.1 Å². The Morgan fingerprint density at radius 3 is 2.50 bits per heavy atom. The molecule has 1 N–H and O–H groups in total. The molecule has 0 amide bonds. The predicted molar refractivity (Wildman–Crippen MR) is 59.9 cm³/mol. The molecule has 0 aliphatic heterocycles. The zero-order chi connectivity index (χ0) is 12.3. The van der Waals surface area contributed by atoms with Crippen molar-refractivity contribution in [3.63, 3.8) is 0 Å². The van der Waals surface area contributed by atoms with Gasteiger partial charge in [0.05, 0.1) is 0 Å². The van der Waals surface area contributed by atoms with Crippen LogP contribution < -0.4 is 5.32 Å². The highest BCUT2D eigenvalue weighted by Gasteiger charge is 2.15. The van der Waals surface area contributed by atoms with Crippen LogP contribution in [0.2, 0.25) is 0 Å². The lowest BCUT2D eigenvalue weighted by Crippen LogP contribution is -2.13. The van der Waals surface area contributed by atoms with E-state index >= 15 is 0 Å². The van der Waals surface area contributed by atoms with Gasteiger partial charge in [0.2, 0.25) is 16.1 Å². The molecule has 0 atom stereocenters. The summed E-state index contributed by atoms with van der Waals surface area (Å²) in [6.45, 7) is 1.20. The average Bonchev–Trinajstić information content (AvgIpc) is 2.26. The Morgan fingerprint density at radius 2 is 2.00 bits per heavy atom. The second-order valence-electron chi connectivity index (χ2n) is 3.06. The summed E-state index contributed by atoms with van der Waals surface area (Å²) in [6, 6.07) is 3.49. The second kappa shape index (κ2) is 4.89. The van der Waals surface area contributed by atoms with Crippen LogP contribution in [0, 0.1) is 5.82 Å². The minimum atomic E-state index is -2.56. The van der Waals surface area contributed by atoms with E-state index in [-0.39, 0.29) is 16.1 Å². The van der Waals surface area contributed by atoms with Crippen LogP contribution in [0.4, 0.5) is 10.1 Å². The molecule has 6 heteroatoms. The SMILES string of the molecule is CNc1cc(F)ccc1C(=O)C(C)=S(=O)=O. The fraction of sp³-hybridized carbons (Fsp3) is 0.200. The number of carbonyl (C=O) groups excluding carboxylic acids is 1. The minimum Gasteiger partial charge on any atom is -0.387 e. The first-order valence-corrected chi connectivity index (χ1v) is 5.49. The number of benzene rings is 1. The minimum absolute atomic E-state index is 0.130. The fourth-order valence-electron chi connectivity index (χ4n) is 1.19. The molecule has 0 spiro atoms. The molecule has 16 heavy (non-hydrogen) atoms. The number of nitrogens with one attached hydrogen (secondary N) is 1. The summed E-state index contributed by atoms with van der Waals surface area (Å²) in [5.41, 5.74) is 0.389. The van der Waals surface area contributed by atoms with Crippen LogP contribution in [-0.2, 0) is 10.3 Å². The van der Waals surface area contributed by atoms with Crippen LogP contribution in [0.15, 0.2) is 18.2 Å². The number of halogens is 1. The van der Waals surface area contributed by atoms with E-state index in [9.17, 15) is 17.6 Å².